The maximum absolute atomic E-state index is 12.2. The number of carbonyl (C=O) groups is 2. The molecule has 0 aromatic carbocycles. The molecule has 1 aliphatic heterocycles. The van der Waals surface area contributed by atoms with Crippen LogP contribution in [0.4, 0.5) is 0 Å². The summed E-state index contributed by atoms with van der Waals surface area (Å²) in [7, 11) is 1.60. The number of hydrogen-bond acceptors (Lipinski definition) is 4. The molecule has 0 saturated carbocycles. The molecule has 1 aromatic heterocycles. The Morgan fingerprint density at radius 2 is 2.21 bits per heavy atom. The number of rotatable bonds is 2. The van der Waals surface area contributed by atoms with Gasteiger partial charge in [0.2, 0.25) is 5.91 Å². The molecule has 1 aromatic rings. The molecule has 1 atom stereocenters. The zero-order valence-electron chi connectivity index (χ0n) is 10.8. The monoisotopic (exact) mass is 282 g/mol. The number of halogens is 1. The molecule has 0 radical (unpaired) electrons. The summed E-state index contributed by atoms with van der Waals surface area (Å²) in [4.78, 5) is 33.4. The van der Waals surface area contributed by atoms with E-state index in [0.29, 0.717) is 19.5 Å². The fraction of sp³-hybridized carbons (Fsp3) is 0.500. The molecule has 1 unspecified atom stereocenters. The van der Waals surface area contributed by atoms with Gasteiger partial charge in [0.25, 0.3) is 5.91 Å². The van der Waals surface area contributed by atoms with E-state index in [1.165, 1.54) is 12.4 Å². The molecule has 2 rings (SSSR count). The van der Waals surface area contributed by atoms with Gasteiger partial charge < -0.3 is 10.2 Å². The van der Waals surface area contributed by atoms with Crippen molar-refractivity contribution in [3.63, 3.8) is 0 Å². The zero-order chi connectivity index (χ0) is 14.0. The topological polar surface area (TPSA) is 75.2 Å². The molecule has 6 nitrogen and oxygen atoms in total. The fourth-order valence-electron chi connectivity index (χ4n) is 2.23. The van der Waals surface area contributed by atoms with Crippen molar-refractivity contribution in [2.24, 2.45) is 5.41 Å². The highest BCUT2D eigenvalue weighted by molar-refractivity contribution is 6.29. The van der Waals surface area contributed by atoms with Gasteiger partial charge in [-0.2, -0.15) is 0 Å². The molecule has 102 valence electrons. The normalized spacial score (nSPS) is 22.4. The van der Waals surface area contributed by atoms with Crippen molar-refractivity contribution >= 4 is 23.4 Å². The molecule has 7 heteroatoms. The molecule has 1 fully saturated rings. The van der Waals surface area contributed by atoms with Gasteiger partial charge in [-0.25, -0.2) is 4.98 Å². The van der Waals surface area contributed by atoms with Crippen molar-refractivity contribution in [2.45, 2.75) is 13.3 Å². The zero-order valence-corrected chi connectivity index (χ0v) is 11.6. The molecule has 0 spiro atoms. The number of hydrogen-bond donors (Lipinski definition) is 1. The van der Waals surface area contributed by atoms with Gasteiger partial charge in [-0.1, -0.05) is 11.6 Å². The first kappa shape index (κ1) is 13.7. The lowest BCUT2D eigenvalue weighted by Gasteiger charge is -2.22. The molecule has 1 aliphatic rings. The predicted octanol–water partition coefficient (Wildman–Crippen LogP) is 0.728. The standard InChI is InChI=1S/C12H15ClN4O2/c1-12(11(19)14-2)3-4-17(7-12)10(18)8-5-15-6-9(13)16-8/h5-6H,3-4,7H2,1-2H3,(H,14,19). The first-order valence-corrected chi connectivity index (χ1v) is 6.33. The van der Waals surface area contributed by atoms with Gasteiger partial charge in [-0.15, -0.1) is 0 Å². The summed E-state index contributed by atoms with van der Waals surface area (Å²) in [6.07, 6.45) is 3.38. The Morgan fingerprint density at radius 3 is 2.84 bits per heavy atom. The third-order valence-corrected chi connectivity index (χ3v) is 3.54. The highest BCUT2D eigenvalue weighted by Gasteiger charge is 2.41. The summed E-state index contributed by atoms with van der Waals surface area (Å²) in [6.45, 7) is 2.75. The summed E-state index contributed by atoms with van der Waals surface area (Å²) >= 11 is 5.72. The summed E-state index contributed by atoms with van der Waals surface area (Å²) < 4.78 is 0. The molecular weight excluding hydrogens is 268 g/mol. The molecule has 2 heterocycles. The quantitative estimate of drug-likeness (QED) is 0.868. The maximum atomic E-state index is 12.2. The van der Waals surface area contributed by atoms with Crippen LogP contribution in [0.2, 0.25) is 5.15 Å². The van der Waals surface area contributed by atoms with Crippen LogP contribution in [0.1, 0.15) is 23.8 Å². The van der Waals surface area contributed by atoms with Crippen LogP contribution in [0.5, 0.6) is 0 Å². The lowest BCUT2D eigenvalue weighted by molar-refractivity contribution is -0.128. The van der Waals surface area contributed by atoms with E-state index in [4.69, 9.17) is 11.6 Å². The van der Waals surface area contributed by atoms with Gasteiger partial charge in [0.1, 0.15) is 10.8 Å². The predicted molar refractivity (Wildman–Crippen MR) is 69.7 cm³/mol. The van der Waals surface area contributed by atoms with Crippen molar-refractivity contribution < 1.29 is 9.59 Å². The van der Waals surface area contributed by atoms with Crippen LogP contribution < -0.4 is 5.32 Å². The molecular formula is C12H15ClN4O2. The summed E-state index contributed by atoms with van der Waals surface area (Å²) in [5, 5.41) is 2.81. The largest absolute Gasteiger partial charge is 0.359 e. The SMILES string of the molecule is CNC(=O)C1(C)CCN(C(=O)c2cncc(Cl)n2)C1. The molecule has 19 heavy (non-hydrogen) atoms. The van der Waals surface area contributed by atoms with Crippen LogP contribution in [0.3, 0.4) is 0 Å². The van der Waals surface area contributed by atoms with Crippen molar-refractivity contribution in [2.75, 3.05) is 20.1 Å². The Balaban J connectivity index is 2.13. The Morgan fingerprint density at radius 1 is 1.47 bits per heavy atom. The maximum Gasteiger partial charge on any atom is 0.274 e. The van der Waals surface area contributed by atoms with Gasteiger partial charge in [-0.3, -0.25) is 14.6 Å². The van der Waals surface area contributed by atoms with E-state index >= 15 is 0 Å². The number of carbonyl (C=O) groups excluding carboxylic acids is 2. The Hall–Kier alpha value is -1.69. The molecule has 0 bridgehead atoms. The summed E-state index contributed by atoms with van der Waals surface area (Å²) in [5.74, 6) is -0.303. The number of likely N-dealkylation sites (tertiary alicyclic amines) is 1. The highest BCUT2D eigenvalue weighted by Crippen LogP contribution is 2.30. The van der Waals surface area contributed by atoms with E-state index in [-0.39, 0.29) is 22.7 Å². The van der Waals surface area contributed by atoms with Crippen molar-refractivity contribution in [3.05, 3.63) is 23.2 Å². The smallest absolute Gasteiger partial charge is 0.274 e. The van der Waals surface area contributed by atoms with Crippen LogP contribution in [0.15, 0.2) is 12.4 Å². The molecule has 1 N–H and O–H groups in total. The number of aromatic nitrogens is 2. The van der Waals surface area contributed by atoms with Crippen molar-refractivity contribution in [1.29, 1.82) is 0 Å². The average molecular weight is 283 g/mol. The number of nitrogens with zero attached hydrogens (tertiary/aromatic N) is 3. The van der Waals surface area contributed by atoms with E-state index in [2.05, 4.69) is 15.3 Å². The Labute approximate surface area is 116 Å². The lowest BCUT2D eigenvalue weighted by Crippen LogP contribution is -2.40. The van der Waals surface area contributed by atoms with E-state index in [1.54, 1.807) is 11.9 Å². The summed E-state index contributed by atoms with van der Waals surface area (Å²) in [5.41, 5.74) is -0.343. The first-order chi connectivity index (χ1) is 8.96. The minimum atomic E-state index is -0.545. The van der Waals surface area contributed by atoms with Crippen LogP contribution in [-0.4, -0.2) is 46.8 Å². The van der Waals surface area contributed by atoms with E-state index in [1.807, 2.05) is 6.92 Å². The van der Waals surface area contributed by atoms with E-state index < -0.39 is 5.41 Å². The highest BCUT2D eigenvalue weighted by atomic mass is 35.5. The van der Waals surface area contributed by atoms with Crippen molar-refractivity contribution in [1.82, 2.24) is 20.2 Å². The number of nitrogens with one attached hydrogen (secondary N) is 1. The van der Waals surface area contributed by atoms with Crippen LogP contribution in [0, 0.1) is 5.41 Å². The molecule has 1 saturated heterocycles. The van der Waals surface area contributed by atoms with Gasteiger partial charge >= 0.3 is 0 Å². The fourth-order valence-corrected chi connectivity index (χ4v) is 2.38. The van der Waals surface area contributed by atoms with Gasteiger partial charge in [0.05, 0.1) is 17.8 Å². The Bertz CT molecular complexity index is 522. The van der Waals surface area contributed by atoms with Gasteiger partial charge in [0.15, 0.2) is 0 Å². The second-order valence-corrected chi connectivity index (χ2v) is 5.23. The second-order valence-electron chi connectivity index (χ2n) is 4.84. The average Bonchev–Trinajstić information content (AvgIpc) is 2.81. The van der Waals surface area contributed by atoms with Gasteiger partial charge in [0, 0.05) is 20.1 Å². The van der Waals surface area contributed by atoms with Crippen LogP contribution in [-0.2, 0) is 4.79 Å². The van der Waals surface area contributed by atoms with E-state index in [0.717, 1.165) is 0 Å². The van der Waals surface area contributed by atoms with Crippen molar-refractivity contribution in [3.8, 4) is 0 Å². The van der Waals surface area contributed by atoms with E-state index in [9.17, 15) is 9.59 Å². The van der Waals surface area contributed by atoms with Crippen LogP contribution >= 0.6 is 11.6 Å². The minimum absolute atomic E-state index is 0.0556. The van der Waals surface area contributed by atoms with Gasteiger partial charge in [-0.05, 0) is 13.3 Å². The molecule has 0 aliphatic carbocycles. The third kappa shape index (κ3) is 2.68. The Kier molecular flexibility index (Phi) is 3.71. The van der Waals surface area contributed by atoms with Crippen LogP contribution in [0.25, 0.3) is 0 Å². The number of amides is 2. The first-order valence-electron chi connectivity index (χ1n) is 5.95. The molecule has 2 amide bonds. The minimum Gasteiger partial charge on any atom is -0.359 e. The summed E-state index contributed by atoms with van der Waals surface area (Å²) in [6, 6.07) is 0. The lowest BCUT2D eigenvalue weighted by atomic mass is 9.89. The third-order valence-electron chi connectivity index (χ3n) is 3.36. The second kappa shape index (κ2) is 5.13.